The van der Waals surface area contributed by atoms with Crippen LogP contribution in [-0.2, 0) is 33.2 Å². The van der Waals surface area contributed by atoms with Gasteiger partial charge in [0.15, 0.2) is 18.9 Å². The minimum Gasteiger partial charge on any atom is -0.394 e. The molecule has 19 nitrogen and oxygen atoms in total. The van der Waals surface area contributed by atoms with E-state index < -0.39 is 124 Å². The van der Waals surface area contributed by atoms with Gasteiger partial charge in [0.2, 0.25) is 5.91 Å². The second-order valence-corrected chi connectivity index (χ2v) is 19.3. The third-order valence-electron chi connectivity index (χ3n) is 13.6. The first kappa shape index (κ1) is 61.8. The van der Waals surface area contributed by atoms with Gasteiger partial charge in [-0.1, -0.05) is 154 Å². The Kier molecular flexibility index (Phi) is 31.9. The van der Waals surface area contributed by atoms with Crippen LogP contribution < -0.4 is 5.32 Å². The number of nitrogens with one attached hydrogen (secondary N) is 1. The van der Waals surface area contributed by atoms with Crippen molar-refractivity contribution < 1.29 is 89.4 Å². The molecule has 17 unspecified atom stereocenters. The van der Waals surface area contributed by atoms with Gasteiger partial charge in [0.25, 0.3) is 0 Å². The number of allylic oxidation sites excluding steroid dienone is 1. The van der Waals surface area contributed by atoms with Crippen LogP contribution in [0.2, 0.25) is 0 Å². The van der Waals surface area contributed by atoms with E-state index in [0.29, 0.717) is 6.42 Å². The number of carbonyl (C=O) groups is 1. The summed E-state index contributed by atoms with van der Waals surface area (Å²) in [6.07, 6.45) is 5.72. The van der Waals surface area contributed by atoms with E-state index in [-0.39, 0.29) is 18.9 Å². The molecule has 19 heteroatoms. The summed E-state index contributed by atoms with van der Waals surface area (Å²) < 4.78 is 33.8. The highest BCUT2D eigenvalue weighted by atomic mass is 16.8. The fraction of sp³-hybridized carbons (Fsp3) is 0.940. The first-order valence-electron chi connectivity index (χ1n) is 26.4. The number of aliphatic hydroxyl groups excluding tert-OH is 11. The van der Waals surface area contributed by atoms with Gasteiger partial charge in [-0.3, -0.25) is 4.79 Å². The Morgan fingerprint density at radius 2 is 0.899 bits per heavy atom. The first-order valence-corrected chi connectivity index (χ1v) is 26.4. The molecule has 0 saturated carbocycles. The molecule has 3 aliphatic heterocycles. The van der Waals surface area contributed by atoms with Crippen LogP contribution >= 0.6 is 0 Å². The Balaban J connectivity index is 1.38. The summed E-state index contributed by atoms with van der Waals surface area (Å²) in [6.45, 7) is 1.33. The lowest BCUT2D eigenvalue weighted by Gasteiger charge is -2.48. The zero-order valence-electron chi connectivity index (χ0n) is 41.5. The predicted molar refractivity (Wildman–Crippen MR) is 254 cm³/mol. The molecule has 3 aliphatic rings. The number of hydrogen-bond acceptors (Lipinski definition) is 18. The van der Waals surface area contributed by atoms with Crippen LogP contribution in [0.5, 0.6) is 0 Å². The highest BCUT2D eigenvalue weighted by Gasteiger charge is 2.53. The van der Waals surface area contributed by atoms with Crippen LogP contribution in [0, 0.1) is 0 Å². The van der Waals surface area contributed by atoms with Crippen LogP contribution in [0.1, 0.15) is 168 Å². The lowest BCUT2D eigenvalue weighted by molar-refractivity contribution is -0.379. The van der Waals surface area contributed by atoms with Crippen molar-refractivity contribution in [3.8, 4) is 0 Å². The maximum atomic E-state index is 12.6. The molecule has 0 aromatic rings. The van der Waals surface area contributed by atoms with E-state index in [4.69, 9.17) is 28.4 Å². The van der Waals surface area contributed by atoms with Crippen molar-refractivity contribution in [2.45, 2.75) is 272 Å². The fourth-order valence-electron chi connectivity index (χ4n) is 9.18. The second-order valence-electron chi connectivity index (χ2n) is 19.3. The number of unbranched alkanes of at least 4 members (excludes halogenated alkanes) is 21. The van der Waals surface area contributed by atoms with Gasteiger partial charge < -0.3 is 89.9 Å². The molecule has 12 N–H and O–H groups in total. The zero-order valence-corrected chi connectivity index (χ0v) is 41.5. The Morgan fingerprint density at radius 3 is 1.33 bits per heavy atom. The van der Waals surface area contributed by atoms with Crippen LogP contribution in [0.25, 0.3) is 0 Å². The van der Waals surface area contributed by atoms with Gasteiger partial charge in [0.05, 0.1) is 38.6 Å². The third kappa shape index (κ3) is 21.5. The summed E-state index contributed by atoms with van der Waals surface area (Å²) in [5, 5.41) is 119. The van der Waals surface area contributed by atoms with Crippen LogP contribution in [-0.4, -0.2) is 193 Å². The summed E-state index contributed by atoms with van der Waals surface area (Å²) in [4.78, 5) is 12.6. The Bertz CT molecular complexity index is 1330. The molecular weight excluding hydrogens is 903 g/mol. The minimum atomic E-state index is -1.97. The predicted octanol–water partition coefficient (Wildman–Crippen LogP) is 2.26. The molecule has 0 radical (unpaired) electrons. The number of rotatable bonds is 37. The van der Waals surface area contributed by atoms with E-state index in [0.717, 1.165) is 25.7 Å². The summed E-state index contributed by atoms with van der Waals surface area (Å²) >= 11 is 0. The zero-order chi connectivity index (χ0) is 50.6. The molecule has 3 rings (SSSR count). The number of amides is 1. The molecule has 3 saturated heterocycles. The molecule has 3 heterocycles. The van der Waals surface area contributed by atoms with Gasteiger partial charge >= 0.3 is 0 Å². The summed E-state index contributed by atoms with van der Waals surface area (Å²) in [5.74, 6) is -0.329. The van der Waals surface area contributed by atoms with Crippen molar-refractivity contribution in [2.24, 2.45) is 0 Å². The Labute approximate surface area is 410 Å². The number of ether oxygens (including phenoxy) is 6. The first-order chi connectivity index (χ1) is 33.3. The average Bonchev–Trinajstić information content (AvgIpc) is 3.34. The molecule has 0 bridgehead atoms. The summed E-state index contributed by atoms with van der Waals surface area (Å²) in [6, 6.07) is -0.963. The van der Waals surface area contributed by atoms with Crippen molar-refractivity contribution in [3.05, 3.63) is 12.2 Å². The van der Waals surface area contributed by atoms with E-state index >= 15 is 0 Å². The van der Waals surface area contributed by atoms with E-state index in [1.807, 2.05) is 13.0 Å². The van der Waals surface area contributed by atoms with E-state index in [9.17, 15) is 61.0 Å². The van der Waals surface area contributed by atoms with Gasteiger partial charge in [-0.25, -0.2) is 0 Å². The van der Waals surface area contributed by atoms with Crippen molar-refractivity contribution in [2.75, 3.05) is 26.4 Å². The van der Waals surface area contributed by atoms with Crippen LogP contribution in [0.3, 0.4) is 0 Å². The minimum absolute atomic E-state index is 0.195. The van der Waals surface area contributed by atoms with E-state index in [2.05, 4.69) is 12.2 Å². The van der Waals surface area contributed by atoms with Gasteiger partial charge in [0, 0.05) is 6.42 Å². The Morgan fingerprint density at radius 1 is 0.507 bits per heavy atom. The lowest BCUT2D eigenvalue weighted by Crippen LogP contribution is -2.66. The van der Waals surface area contributed by atoms with Gasteiger partial charge in [0.1, 0.15) is 73.2 Å². The molecule has 3 fully saturated rings. The molecule has 69 heavy (non-hydrogen) atoms. The molecule has 0 aliphatic carbocycles. The fourth-order valence-corrected chi connectivity index (χ4v) is 9.18. The summed E-state index contributed by atoms with van der Waals surface area (Å²) in [7, 11) is 0. The topological polar surface area (TPSA) is 307 Å². The number of aliphatic hydroxyl groups is 11. The molecule has 1 amide bonds. The maximum absolute atomic E-state index is 12.6. The van der Waals surface area contributed by atoms with Crippen LogP contribution in [0.15, 0.2) is 12.2 Å². The third-order valence-corrected chi connectivity index (χ3v) is 13.6. The monoisotopic (exact) mass is 996 g/mol. The van der Waals surface area contributed by atoms with Gasteiger partial charge in [-0.2, -0.15) is 0 Å². The number of hydrogen-bond donors (Lipinski definition) is 12. The van der Waals surface area contributed by atoms with Crippen LogP contribution in [0.4, 0.5) is 0 Å². The molecule has 17 atom stereocenters. The van der Waals surface area contributed by atoms with Crippen molar-refractivity contribution in [1.29, 1.82) is 0 Å². The molecule has 406 valence electrons. The molecular formula is C50H93NO18. The summed E-state index contributed by atoms with van der Waals surface area (Å²) in [5.41, 5.74) is 0. The second kappa shape index (κ2) is 35.6. The smallest absolute Gasteiger partial charge is 0.220 e. The SMILES string of the molecule is CCCCCCCCCCCCCCCCCCCCCCC/C=C/C(O)C(COC1OC(CO)C(OC2OC(CO)C(OC3OC(CO)C(O)C(O)C3O)C(O)C2O)C(O)C1O)NC(=O)CCC. The quantitative estimate of drug-likeness (QED) is 0.0314. The van der Waals surface area contributed by atoms with Crippen molar-refractivity contribution >= 4 is 5.91 Å². The standard InChI is InChI=1S/C50H93NO18/c1-3-5-6-7-8-9-10-11-12-13-14-15-16-17-18-19-20-21-22-23-24-25-26-28-34(55)33(51-38(56)27-4-2)32-64-48-44(62)41(59)46(36(30-53)66-48)69-50-45(63)42(60)47(37(31-54)67-50)68-49-43(61)40(58)39(57)35(29-52)65-49/h26,28,33-37,39-50,52-55,57-63H,3-25,27,29-32H2,1-2H3,(H,51,56)/b28-26+. The lowest BCUT2D eigenvalue weighted by atomic mass is 9.96. The molecule has 0 aromatic carbocycles. The molecule has 0 spiro atoms. The van der Waals surface area contributed by atoms with E-state index in [1.165, 1.54) is 116 Å². The highest BCUT2D eigenvalue weighted by Crippen LogP contribution is 2.33. The largest absolute Gasteiger partial charge is 0.394 e. The van der Waals surface area contributed by atoms with E-state index in [1.54, 1.807) is 6.08 Å². The van der Waals surface area contributed by atoms with Crippen molar-refractivity contribution in [1.82, 2.24) is 5.32 Å². The molecule has 0 aromatic heterocycles. The Hall–Kier alpha value is -1.47. The van der Waals surface area contributed by atoms with Gasteiger partial charge in [-0.15, -0.1) is 0 Å². The normalized spacial score (nSPS) is 32.9. The highest BCUT2D eigenvalue weighted by molar-refractivity contribution is 5.76. The number of carbonyl (C=O) groups excluding carboxylic acids is 1. The average molecular weight is 996 g/mol. The van der Waals surface area contributed by atoms with Crippen molar-refractivity contribution in [3.63, 3.8) is 0 Å². The van der Waals surface area contributed by atoms with Gasteiger partial charge in [-0.05, 0) is 19.3 Å². The maximum Gasteiger partial charge on any atom is 0.220 e.